The van der Waals surface area contributed by atoms with Crippen LogP contribution in [0.1, 0.15) is 33.0 Å². The number of benzene rings is 1. The number of aromatic nitrogens is 2. The van der Waals surface area contributed by atoms with Gasteiger partial charge >= 0.3 is 0 Å². The Balaban J connectivity index is 0.00000264. The number of hydrogen-bond acceptors (Lipinski definition) is 2. The molecule has 0 radical (unpaired) electrons. The molecule has 0 spiro atoms. The fourth-order valence-corrected chi connectivity index (χ4v) is 2.46. The van der Waals surface area contributed by atoms with Crippen LogP contribution in [0.4, 0.5) is 0 Å². The molecule has 1 aromatic carbocycles. The van der Waals surface area contributed by atoms with E-state index in [-0.39, 0.29) is 29.5 Å². The molecule has 2 aromatic rings. The van der Waals surface area contributed by atoms with Gasteiger partial charge < -0.3 is 15.2 Å². The first-order valence-electron chi connectivity index (χ1n) is 7.81. The number of imidazole rings is 1. The highest BCUT2D eigenvalue weighted by atomic mass is 127. The van der Waals surface area contributed by atoms with E-state index in [0.29, 0.717) is 0 Å². The Bertz CT molecular complexity index is 655. The number of para-hydroxylation sites is 2. The van der Waals surface area contributed by atoms with Crippen molar-refractivity contribution in [3.63, 3.8) is 0 Å². The monoisotopic (exact) mass is 429 g/mol. The van der Waals surface area contributed by atoms with Crippen LogP contribution in [0.15, 0.2) is 29.3 Å². The van der Waals surface area contributed by atoms with Crippen LogP contribution in [-0.2, 0) is 6.54 Å². The van der Waals surface area contributed by atoms with Crippen LogP contribution in [0.2, 0.25) is 0 Å². The first-order chi connectivity index (χ1) is 10.4. The molecule has 23 heavy (non-hydrogen) atoms. The molecule has 0 saturated carbocycles. The molecule has 0 aliphatic rings. The molecule has 0 fully saturated rings. The average Bonchev–Trinajstić information content (AvgIpc) is 2.77. The maximum absolute atomic E-state index is 4.60. The molecule has 2 N–H and O–H groups in total. The third-order valence-corrected chi connectivity index (χ3v) is 3.41. The van der Waals surface area contributed by atoms with E-state index >= 15 is 0 Å². The summed E-state index contributed by atoms with van der Waals surface area (Å²) in [5, 5.41) is 6.72. The largest absolute Gasteiger partial charge is 0.356 e. The Hall–Kier alpha value is -1.31. The summed E-state index contributed by atoms with van der Waals surface area (Å²) in [5.41, 5.74) is 2.29. The topological polar surface area (TPSA) is 54.2 Å². The van der Waals surface area contributed by atoms with E-state index in [2.05, 4.69) is 71.1 Å². The zero-order chi connectivity index (χ0) is 16.2. The maximum atomic E-state index is 4.60. The predicted octanol–water partition coefficient (Wildman–Crippen LogP) is 3.32. The Labute approximate surface area is 156 Å². The quantitative estimate of drug-likeness (QED) is 0.340. The number of aryl methyl sites for hydroxylation is 2. The zero-order valence-electron chi connectivity index (χ0n) is 14.7. The minimum atomic E-state index is 0. The van der Waals surface area contributed by atoms with E-state index in [1.165, 1.54) is 5.52 Å². The summed E-state index contributed by atoms with van der Waals surface area (Å²) >= 11 is 0. The van der Waals surface area contributed by atoms with Gasteiger partial charge in [0.1, 0.15) is 5.82 Å². The number of nitrogens with one attached hydrogen (secondary N) is 2. The van der Waals surface area contributed by atoms with Crippen LogP contribution in [0.25, 0.3) is 11.0 Å². The molecule has 0 unspecified atom stereocenters. The van der Waals surface area contributed by atoms with Gasteiger partial charge in [0.15, 0.2) is 5.96 Å². The number of aliphatic imine (C=N–C) groups is 1. The van der Waals surface area contributed by atoms with E-state index < -0.39 is 0 Å². The third-order valence-electron chi connectivity index (χ3n) is 3.41. The molecule has 6 heteroatoms. The average molecular weight is 429 g/mol. The van der Waals surface area contributed by atoms with E-state index in [9.17, 15) is 0 Å². The molecule has 0 atom stereocenters. The normalized spacial score (nSPS) is 12.1. The van der Waals surface area contributed by atoms with Crippen molar-refractivity contribution in [3.05, 3.63) is 30.1 Å². The van der Waals surface area contributed by atoms with E-state index in [4.69, 9.17) is 0 Å². The molecule has 1 heterocycles. The zero-order valence-corrected chi connectivity index (χ0v) is 17.0. The van der Waals surface area contributed by atoms with Crippen molar-refractivity contribution in [1.29, 1.82) is 0 Å². The molecule has 0 amide bonds. The number of fused-ring (bicyclic) bond motifs is 1. The van der Waals surface area contributed by atoms with Gasteiger partial charge in [-0.05, 0) is 46.2 Å². The predicted molar refractivity (Wildman–Crippen MR) is 109 cm³/mol. The summed E-state index contributed by atoms with van der Waals surface area (Å²) in [6.45, 7) is 10.3. The lowest BCUT2D eigenvalue weighted by Gasteiger charge is -2.23. The van der Waals surface area contributed by atoms with Gasteiger partial charge in [0.05, 0.1) is 11.0 Å². The fraction of sp³-hybridized carbons (Fsp3) is 0.529. The van der Waals surface area contributed by atoms with Crippen molar-refractivity contribution in [1.82, 2.24) is 20.2 Å². The fourth-order valence-electron chi connectivity index (χ4n) is 2.46. The van der Waals surface area contributed by atoms with Crippen molar-refractivity contribution in [2.24, 2.45) is 4.99 Å². The molecule has 0 aliphatic heterocycles. The SMILES string of the molecule is CN=C(NCCCn1c(C)nc2ccccc21)NC(C)(C)C.I. The van der Waals surface area contributed by atoms with Gasteiger partial charge in [-0.3, -0.25) is 4.99 Å². The highest BCUT2D eigenvalue weighted by Crippen LogP contribution is 2.15. The minimum Gasteiger partial charge on any atom is -0.356 e. The summed E-state index contributed by atoms with van der Waals surface area (Å²) in [6, 6.07) is 8.28. The summed E-state index contributed by atoms with van der Waals surface area (Å²) in [7, 11) is 1.80. The van der Waals surface area contributed by atoms with Crippen LogP contribution in [0.3, 0.4) is 0 Å². The lowest BCUT2D eigenvalue weighted by molar-refractivity contribution is 0.499. The molecule has 0 aliphatic carbocycles. The molecule has 0 saturated heterocycles. The first-order valence-corrected chi connectivity index (χ1v) is 7.81. The second-order valence-electron chi connectivity index (χ2n) is 6.53. The van der Waals surface area contributed by atoms with Gasteiger partial charge in [0, 0.05) is 25.7 Å². The Morgan fingerprint density at radius 3 is 2.61 bits per heavy atom. The van der Waals surface area contributed by atoms with Crippen molar-refractivity contribution >= 4 is 41.0 Å². The molecular weight excluding hydrogens is 401 g/mol. The summed E-state index contributed by atoms with van der Waals surface area (Å²) in [4.78, 5) is 8.85. The molecule has 1 aromatic heterocycles. The summed E-state index contributed by atoms with van der Waals surface area (Å²) in [6.07, 6.45) is 1.02. The molecular formula is C17H28IN5. The summed E-state index contributed by atoms with van der Waals surface area (Å²) < 4.78 is 2.27. The van der Waals surface area contributed by atoms with Gasteiger partial charge in [0.2, 0.25) is 0 Å². The van der Waals surface area contributed by atoms with Crippen LogP contribution in [0.5, 0.6) is 0 Å². The number of rotatable bonds is 4. The summed E-state index contributed by atoms with van der Waals surface area (Å²) in [5.74, 6) is 1.91. The van der Waals surface area contributed by atoms with Crippen LogP contribution < -0.4 is 10.6 Å². The maximum Gasteiger partial charge on any atom is 0.191 e. The van der Waals surface area contributed by atoms with Gasteiger partial charge in [0.25, 0.3) is 0 Å². The van der Waals surface area contributed by atoms with Gasteiger partial charge in [-0.15, -0.1) is 24.0 Å². The van der Waals surface area contributed by atoms with Gasteiger partial charge in [-0.25, -0.2) is 4.98 Å². The lowest BCUT2D eigenvalue weighted by atomic mass is 10.1. The Morgan fingerprint density at radius 1 is 1.26 bits per heavy atom. The van der Waals surface area contributed by atoms with Crippen LogP contribution in [0, 0.1) is 6.92 Å². The van der Waals surface area contributed by atoms with Gasteiger partial charge in [-0.2, -0.15) is 0 Å². The van der Waals surface area contributed by atoms with Crippen molar-refractivity contribution < 1.29 is 0 Å². The van der Waals surface area contributed by atoms with Crippen molar-refractivity contribution in [3.8, 4) is 0 Å². The second-order valence-corrected chi connectivity index (χ2v) is 6.53. The smallest absolute Gasteiger partial charge is 0.191 e. The van der Waals surface area contributed by atoms with Crippen LogP contribution >= 0.6 is 24.0 Å². The highest BCUT2D eigenvalue weighted by Gasteiger charge is 2.11. The second kappa shape index (κ2) is 8.52. The first kappa shape index (κ1) is 19.7. The number of hydrogen-bond donors (Lipinski definition) is 2. The van der Waals surface area contributed by atoms with E-state index in [0.717, 1.165) is 36.8 Å². The molecule has 128 valence electrons. The Kier molecular flexibility index (Phi) is 7.31. The Morgan fingerprint density at radius 2 is 1.96 bits per heavy atom. The number of halogens is 1. The number of nitrogens with zero attached hydrogens (tertiary/aromatic N) is 3. The molecule has 2 rings (SSSR count). The van der Waals surface area contributed by atoms with Crippen molar-refractivity contribution in [2.75, 3.05) is 13.6 Å². The van der Waals surface area contributed by atoms with Crippen molar-refractivity contribution in [2.45, 2.75) is 46.2 Å². The number of guanidine groups is 1. The third kappa shape index (κ3) is 5.67. The highest BCUT2D eigenvalue weighted by molar-refractivity contribution is 14.0. The molecule has 5 nitrogen and oxygen atoms in total. The standard InChI is InChI=1S/C17H27N5.HI/c1-13-20-14-9-6-7-10-15(14)22(13)12-8-11-19-16(18-5)21-17(2,3)4;/h6-7,9-10H,8,11-12H2,1-5H3,(H2,18,19,21);1H. The van der Waals surface area contributed by atoms with Crippen LogP contribution in [-0.4, -0.2) is 34.6 Å². The lowest BCUT2D eigenvalue weighted by Crippen LogP contribution is -2.47. The van der Waals surface area contributed by atoms with E-state index in [1.807, 2.05) is 6.07 Å². The molecule has 0 bridgehead atoms. The van der Waals surface area contributed by atoms with Gasteiger partial charge in [-0.1, -0.05) is 12.1 Å². The minimum absolute atomic E-state index is 0. The van der Waals surface area contributed by atoms with E-state index in [1.54, 1.807) is 7.05 Å².